The summed E-state index contributed by atoms with van der Waals surface area (Å²) in [7, 11) is 0. The molecule has 1 spiro atoms. The lowest BCUT2D eigenvalue weighted by Gasteiger charge is -2.45. The van der Waals surface area contributed by atoms with Crippen molar-refractivity contribution < 1.29 is 14.3 Å². The van der Waals surface area contributed by atoms with Crippen molar-refractivity contribution in [3.05, 3.63) is 65.9 Å². The molecule has 2 fully saturated rings. The van der Waals surface area contributed by atoms with Crippen molar-refractivity contribution in [2.24, 2.45) is 0 Å². The molecule has 1 N–H and O–H groups in total. The van der Waals surface area contributed by atoms with Gasteiger partial charge in [-0.25, -0.2) is 9.78 Å². The number of anilines is 1. The standard InChI is InChI=1S/C29H32N6O3S/c1-20-16-22(18-23(17-20)38-27-31-24-6-3-4-7-25(24)39-27)19-34-12-5-9-29(34)10-14-33(15-11-29)28(37)35-13-8-26(32-35)30-21(2)36/h3-4,6-8,13,16-18H,5,9-12,14-15,19H2,1-2H3,(H,30,32,36). The van der Waals surface area contributed by atoms with Crippen LogP contribution in [0.1, 0.15) is 43.7 Å². The third kappa shape index (κ3) is 5.39. The minimum absolute atomic E-state index is 0.0973. The molecular weight excluding hydrogens is 512 g/mol. The number of hydrogen-bond donors (Lipinski definition) is 1. The van der Waals surface area contributed by atoms with E-state index < -0.39 is 0 Å². The third-order valence-electron chi connectivity index (χ3n) is 7.76. The minimum Gasteiger partial charge on any atom is -0.431 e. The molecule has 4 heterocycles. The largest absolute Gasteiger partial charge is 0.431 e. The summed E-state index contributed by atoms with van der Waals surface area (Å²) in [5, 5.41) is 7.49. The van der Waals surface area contributed by atoms with Crippen LogP contribution in [-0.4, -0.2) is 61.7 Å². The second kappa shape index (κ2) is 10.4. The lowest BCUT2D eigenvalue weighted by molar-refractivity contribution is -0.114. The Kier molecular flexibility index (Phi) is 6.82. The molecule has 6 rings (SSSR count). The number of piperidine rings is 1. The van der Waals surface area contributed by atoms with Crippen molar-refractivity contribution in [2.75, 3.05) is 25.0 Å². The smallest absolute Gasteiger partial charge is 0.344 e. The van der Waals surface area contributed by atoms with Gasteiger partial charge in [0.25, 0.3) is 5.19 Å². The van der Waals surface area contributed by atoms with E-state index in [1.165, 1.54) is 17.2 Å². The maximum atomic E-state index is 13.0. The van der Waals surface area contributed by atoms with Crippen molar-refractivity contribution >= 4 is 39.3 Å². The molecule has 2 aliphatic heterocycles. The van der Waals surface area contributed by atoms with Crippen LogP contribution in [0, 0.1) is 6.92 Å². The molecule has 0 radical (unpaired) electrons. The first-order chi connectivity index (χ1) is 18.9. The zero-order valence-electron chi connectivity index (χ0n) is 22.2. The lowest BCUT2D eigenvalue weighted by Crippen LogP contribution is -2.53. The number of rotatable bonds is 5. The minimum atomic E-state index is -0.210. The summed E-state index contributed by atoms with van der Waals surface area (Å²) in [6.07, 6.45) is 5.77. The second-order valence-corrected chi connectivity index (χ2v) is 11.5. The molecule has 0 aliphatic carbocycles. The summed E-state index contributed by atoms with van der Waals surface area (Å²) in [6.45, 7) is 6.80. The zero-order valence-corrected chi connectivity index (χ0v) is 23.0. The Bertz CT molecular complexity index is 1490. The van der Waals surface area contributed by atoms with E-state index in [0.717, 1.165) is 60.3 Å². The van der Waals surface area contributed by atoms with Crippen LogP contribution in [-0.2, 0) is 11.3 Å². The summed E-state index contributed by atoms with van der Waals surface area (Å²) in [4.78, 5) is 33.4. The molecule has 39 heavy (non-hydrogen) atoms. The van der Waals surface area contributed by atoms with Crippen molar-refractivity contribution in [2.45, 2.75) is 51.6 Å². The molecule has 2 amide bonds. The van der Waals surface area contributed by atoms with Crippen molar-refractivity contribution in [3.63, 3.8) is 0 Å². The molecule has 2 aliphatic rings. The van der Waals surface area contributed by atoms with Gasteiger partial charge >= 0.3 is 6.03 Å². The van der Waals surface area contributed by atoms with Crippen LogP contribution in [0.3, 0.4) is 0 Å². The summed E-state index contributed by atoms with van der Waals surface area (Å²) in [5.41, 5.74) is 3.44. The molecule has 0 saturated carbocycles. The third-order valence-corrected chi connectivity index (χ3v) is 8.67. The predicted molar refractivity (Wildman–Crippen MR) is 151 cm³/mol. The topological polar surface area (TPSA) is 92.6 Å². The molecule has 9 nitrogen and oxygen atoms in total. The van der Waals surface area contributed by atoms with Crippen molar-refractivity contribution in [1.29, 1.82) is 0 Å². The van der Waals surface area contributed by atoms with Gasteiger partial charge in [-0.05, 0) is 74.5 Å². The van der Waals surface area contributed by atoms with Gasteiger partial charge in [-0.3, -0.25) is 9.69 Å². The maximum absolute atomic E-state index is 13.0. The average molecular weight is 545 g/mol. The van der Waals surface area contributed by atoms with E-state index in [-0.39, 0.29) is 17.5 Å². The predicted octanol–water partition coefficient (Wildman–Crippen LogP) is 5.65. The van der Waals surface area contributed by atoms with Crippen LogP contribution in [0.25, 0.3) is 10.2 Å². The first-order valence-corrected chi connectivity index (χ1v) is 14.2. The second-order valence-electron chi connectivity index (χ2n) is 10.5. The average Bonchev–Trinajstić information content (AvgIpc) is 3.62. The van der Waals surface area contributed by atoms with Crippen LogP contribution >= 0.6 is 11.3 Å². The molecule has 2 aromatic heterocycles. The normalized spacial score (nSPS) is 17.1. The van der Waals surface area contributed by atoms with Gasteiger partial charge in [0.2, 0.25) is 5.91 Å². The number of nitrogens with one attached hydrogen (secondary N) is 1. The molecule has 0 unspecified atom stereocenters. The Morgan fingerprint density at radius 3 is 2.69 bits per heavy atom. The Labute approximate surface area is 231 Å². The lowest BCUT2D eigenvalue weighted by atomic mass is 9.84. The van der Waals surface area contributed by atoms with Gasteiger partial charge < -0.3 is 15.0 Å². The molecule has 10 heteroatoms. The highest BCUT2D eigenvalue weighted by atomic mass is 32.1. The summed E-state index contributed by atoms with van der Waals surface area (Å²) < 4.78 is 8.64. The number of fused-ring (bicyclic) bond motifs is 1. The SMILES string of the molecule is CC(=O)Nc1ccn(C(=O)N2CCC3(CCCN3Cc3cc(C)cc(Oc4nc5ccccc5s4)c3)CC2)n1. The molecule has 202 valence electrons. The van der Waals surface area contributed by atoms with Gasteiger partial charge in [-0.1, -0.05) is 29.5 Å². The summed E-state index contributed by atoms with van der Waals surface area (Å²) in [6, 6.07) is 16.0. The first-order valence-electron chi connectivity index (χ1n) is 13.4. The Morgan fingerprint density at radius 2 is 1.90 bits per heavy atom. The van der Waals surface area contributed by atoms with Gasteiger partial charge in [-0.15, -0.1) is 5.10 Å². The number of carbonyl (C=O) groups excluding carboxylic acids is 2. The number of amides is 2. The number of hydrogen-bond acceptors (Lipinski definition) is 7. The highest BCUT2D eigenvalue weighted by Gasteiger charge is 2.43. The Balaban J connectivity index is 1.11. The van der Waals surface area contributed by atoms with Gasteiger partial charge in [0.15, 0.2) is 5.82 Å². The van der Waals surface area contributed by atoms with Crippen LogP contribution in [0.2, 0.25) is 0 Å². The number of ether oxygens (including phenoxy) is 1. The quantitative estimate of drug-likeness (QED) is 0.349. The van der Waals surface area contributed by atoms with E-state index in [1.54, 1.807) is 23.6 Å². The number of thiazole rings is 1. The summed E-state index contributed by atoms with van der Waals surface area (Å²) in [5.74, 6) is 0.990. The van der Waals surface area contributed by atoms with E-state index in [4.69, 9.17) is 4.74 Å². The Hall–Kier alpha value is -3.76. The number of aromatic nitrogens is 3. The van der Waals surface area contributed by atoms with Crippen LogP contribution in [0.5, 0.6) is 10.9 Å². The maximum Gasteiger partial charge on any atom is 0.344 e. The number of benzene rings is 2. The molecule has 0 bridgehead atoms. The number of likely N-dealkylation sites (tertiary alicyclic amines) is 2. The highest BCUT2D eigenvalue weighted by molar-refractivity contribution is 7.20. The molecule has 0 atom stereocenters. The van der Waals surface area contributed by atoms with E-state index in [2.05, 4.69) is 51.5 Å². The number of carbonyl (C=O) groups is 2. The van der Waals surface area contributed by atoms with Crippen molar-refractivity contribution in [1.82, 2.24) is 24.6 Å². The number of nitrogens with zero attached hydrogens (tertiary/aromatic N) is 5. The molecule has 2 saturated heterocycles. The van der Waals surface area contributed by atoms with E-state index in [9.17, 15) is 9.59 Å². The van der Waals surface area contributed by atoms with Crippen LogP contribution in [0.15, 0.2) is 54.7 Å². The molecular formula is C29H32N6O3S. The summed E-state index contributed by atoms with van der Waals surface area (Å²) >= 11 is 1.56. The van der Waals surface area contributed by atoms with Gasteiger partial charge in [0.1, 0.15) is 5.75 Å². The fourth-order valence-corrected chi connectivity index (χ4v) is 6.77. The monoisotopic (exact) mass is 544 g/mol. The van der Waals surface area contributed by atoms with Crippen molar-refractivity contribution in [3.8, 4) is 10.9 Å². The number of para-hydroxylation sites is 1. The number of aryl methyl sites for hydroxylation is 1. The van der Waals surface area contributed by atoms with Gasteiger partial charge in [0, 0.05) is 44.4 Å². The Morgan fingerprint density at radius 1 is 1.08 bits per heavy atom. The zero-order chi connectivity index (χ0) is 27.0. The van der Waals surface area contributed by atoms with Gasteiger partial charge in [0.05, 0.1) is 10.2 Å². The van der Waals surface area contributed by atoms with E-state index >= 15 is 0 Å². The molecule has 4 aromatic rings. The molecule has 2 aromatic carbocycles. The van der Waals surface area contributed by atoms with Gasteiger partial charge in [-0.2, -0.15) is 4.68 Å². The van der Waals surface area contributed by atoms with Crippen LogP contribution in [0.4, 0.5) is 10.6 Å². The highest BCUT2D eigenvalue weighted by Crippen LogP contribution is 2.40. The van der Waals surface area contributed by atoms with Crippen LogP contribution < -0.4 is 10.1 Å². The fourth-order valence-electron chi connectivity index (χ4n) is 5.93. The fraction of sp³-hybridized carbons (Fsp3) is 0.379. The first kappa shape index (κ1) is 25.5. The van der Waals surface area contributed by atoms with E-state index in [1.807, 2.05) is 23.1 Å². The van der Waals surface area contributed by atoms with E-state index in [0.29, 0.717) is 24.1 Å².